The minimum Gasteiger partial charge on any atom is -0.0384 e. The zero-order chi connectivity index (χ0) is 7.89. The maximum Gasteiger partial charge on any atom is 0.105 e. The quantitative estimate of drug-likeness (QED) is 0.450. The van der Waals surface area contributed by atoms with E-state index in [-0.39, 0.29) is 0 Å². The van der Waals surface area contributed by atoms with Crippen molar-refractivity contribution in [3.63, 3.8) is 0 Å². The van der Waals surface area contributed by atoms with Crippen LogP contribution in [-0.2, 0) is 0 Å². The number of allylic oxidation sites excluding steroid dienone is 2. The average Bonchev–Trinajstić information content (AvgIpc) is 2.07. The van der Waals surface area contributed by atoms with Crippen molar-refractivity contribution in [3.05, 3.63) is 17.1 Å². The van der Waals surface area contributed by atoms with Gasteiger partial charge in [-0.2, -0.15) is 0 Å². The second-order valence-corrected chi connectivity index (χ2v) is 3.57. The van der Waals surface area contributed by atoms with Gasteiger partial charge < -0.3 is 0 Å². The Bertz CT molecular complexity index is 147. The summed E-state index contributed by atoms with van der Waals surface area (Å²) in [5.74, 6) is 3.14. The van der Waals surface area contributed by atoms with E-state index >= 15 is 0 Å². The predicted octanol–water partition coefficient (Wildman–Crippen LogP) is 3.20. The highest BCUT2D eigenvalue weighted by atomic mass is 14.3. The first-order valence-electron chi connectivity index (χ1n) is 4.07. The zero-order valence-electron chi connectivity index (χ0n) is 7.65. The van der Waals surface area contributed by atoms with Crippen LogP contribution in [0.3, 0.4) is 0 Å². The van der Waals surface area contributed by atoms with Crippen LogP contribution in [0, 0.1) is 17.8 Å². The summed E-state index contributed by atoms with van der Waals surface area (Å²) < 4.78 is 0. The van der Waals surface area contributed by atoms with Crippen molar-refractivity contribution in [1.29, 1.82) is 0 Å². The second kappa shape index (κ2) is 2.34. The van der Waals surface area contributed by atoms with Gasteiger partial charge in [-0.15, -0.1) is 0 Å². The highest BCUT2D eigenvalue weighted by molar-refractivity contribution is 5.35. The van der Waals surface area contributed by atoms with E-state index < -0.39 is 0 Å². The monoisotopic (exact) mass is 137 g/mol. The van der Waals surface area contributed by atoms with Crippen LogP contribution < -0.4 is 0 Å². The first-order valence-corrected chi connectivity index (χ1v) is 4.07. The molecule has 0 N–H and O–H groups in total. The lowest BCUT2D eigenvalue weighted by Crippen LogP contribution is -2.06. The summed E-state index contributed by atoms with van der Waals surface area (Å²) in [4.78, 5) is 0. The Labute approximate surface area is 64.3 Å². The van der Waals surface area contributed by atoms with Gasteiger partial charge in [-0.3, -0.25) is 0 Å². The van der Waals surface area contributed by atoms with Crippen LogP contribution in [0.5, 0.6) is 0 Å². The second-order valence-electron chi connectivity index (χ2n) is 3.57. The van der Waals surface area contributed by atoms with Crippen LogP contribution in [0.2, 0.25) is 0 Å². The van der Waals surface area contributed by atoms with Crippen molar-refractivity contribution >= 4 is 0 Å². The maximum atomic E-state index is 2.32. The molecule has 56 valence electrons. The Kier molecular flexibility index (Phi) is 1.80. The number of hydrogen-bond donors (Lipinski definition) is 0. The molecule has 1 aliphatic carbocycles. The van der Waals surface area contributed by atoms with Gasteiger partial charge in [0.2, 0.25) is 0 Å². The van der Waals surface area contributed by atoms with Crippen LogP contribution in [0.15, 0.2) is 11.1 Å². The average molecular weight is 137 g/mol. The number of hydrogen-bond acceptors (Lipinski definition) is 0. The normalized spacial score (nSPS) is 33.9. The molecule has 0 amide bonds. The highest BCUT2D eigenvalue weighted by Crippen LogP contribution is 2.41. The van der Waals surface area contributed by atoms with E-state index in [9.17, 15) is 0 Å². The van der Waals surface area contributed by atoms with Crippen molar-refractivity contribution in [2.24, 2.45) is 11.8 Å². The van der Waals surface area contributed by atoms with E-state index in [2.05, 4.69) is 34.6 Å². The third-order valence-electron chi connectivity index (χ3n) is 3.30. The fourth-order valence-electron chi connectivity index (χ4n) is 1.74. The fourth-order valence-corrected chi connectivity index (χ4v) is 1.74. The van der Waals surface area contributed by atoms with Crippen LogP contribution in [0.1, 0.15) is 34.6 Å². The van der Waals surface area contributed by atoms with Crippen molar-refractivity contribution in [1.82, 2.24) is 0 Å². The molecule has 0 aromatic carbocycles. The standard InChI is InChI=1S/C10H17/c1-6-7(2)9(4)10(5)8(6)3/h6-7H,1-5H3/q+1/t6-,7-/m1/s1. The van der Waals surface area contributed by atoms with Gasteiger partial charge in [0, 0.05) is 13.8 Å². The molecule has 0 saturated heterocycles. The van der Waals surface area contributed by atoms with E-state index in [1.165, 1.54) is 0 Å². The van der Waals surface area contributed by atoms with E-state index in [4.69, 9.17) is 0 Å². The van der Waals surface area contributed by atoms with Gasteiger partial charge in [-0.25, -0.2) is 0 Å². The summed E-state index contributed by atoms with van der Waals surface area (Å²) >= 11 is 0. The van der Waals surface area contributed by atoms with Gasteiger partial charge in [-0.05, 0) is 20.8 Å². The Morgan fingerprint density at radius 1 is 1.20 bits per heavy atom. The zero-order valence-corrected chi connectivity index (χ0v) is 7.65. The van der Waals surface area contributed by atoms with Gasteiger partial charge in [-0.1, -0.05) is 0 Å². The molecule has 0 bridgehead atoms. The van der Waals surface area contributed by atoms with E-state index in [0.29, 0.717) is 0 Å². The lowest BCUT2D eigenvalue weighted by atomic mass is 9.90. The molecule has 10 heavy (non-hydrogen) atoms. The molecule has 0 aromatic rings. The van der Waals surface area contributed by atoms with E-state index in [1.807, 2.05) is 0 Å². The van der Waals surface area contributed by atoms with Crippen LogP contribution >= 0.6 is 0 Å². The third-order valence-corrected chi connectivity index (χ3v) is 3.30. The molecular weight excluding hydrogens is 120 g/mol. The molecule has 1 aliphatic rings. The minimum atomic E-state index is 0.778. The molecule has 1 rings (SSSR count). The van der Waals surface area contributed by atoms with Crippen LogP contribution in [-0.4, -0.2) is 0 Å². The Morgan fingerprint density at radius 2 is 1.70 bits per heavy atom. The summed E-state index contributed by atoms with van der Waals surface area (Å²) in [5, 5.41) is 0. The van der Waals surface area contributed by atoms with Crippen molar-refractivity contribution in [2.45, 2.75) is 34.6 Å². The molecule has 0 spiro atoms. The van der Waals surface area contributed by atoms with Gasteiger partial charge in [0.15, 0.2) is 0 Å². The smallest absolute Gasteiger partial charge is 0.0384 e. The summed E-state index contributed by atoms with van der Waals surface area (Å²) in [5.41, 5.74) is 3.13. The molecule has 0 heteroatoms. The van der Waals surface area contributed by atoms with Gasteiger partial charge >= 0.3 is 0 Å². The topological polar surface area (TPSA) is 0 Å². The molecule has 0 saturated carbocycles. The maximum absolute atomic E-state index is 2.32. The Morgan fingerprint density at radius 3 is 1.80 bits per heavy atom. The van der Waals surface area contributed by atoms with Crippen LogP contribution in [0.4, 0.5) is 0 Å². The molecule has 0 nitrogen and oxygen atoms in total. The van der Waals surface area contributed by atoms with Gasteiger partial charge in [0.05, 0.1) is 23.3 Å². The largest absolute Gasteiger partial charge is 0.105 e. The molecule has 0 aliphatic heterocycles. The number of rotatable bonds is 0. The van der Waals surface area contributed by atoms with E-state index in [0.717, 1.165) is 11.8 Å². The first-order chi connectivity index (χ1) is 4.55. The van der Waals surface area contributed by atoms with Gasteiger partial charge in [0.1, 0.15) is 5.57 Å². The Hall–Kier alpha value is -0.390. The lowest BCUT2D eigenvalue weighted by Gasteiger charge is -2.06. The minimum absolute atomic E-state index is 0.778. The molecule has 0 aromatic heterocycles. The molecule has 2 atom stereocenters. The van der Waals surface area contributed by atoms with Crippen molar-refractivity contribution in [2.75, 3.05) is 0 Å². The van der Waals surface area contributed by atoms with Crippen molar-refractivity contribution < 1.29 is 0 Å². The summed E-state index contributed by atoms with van der Waals surface area (Å²) in [7, 11) is 0. The lowest BCUT2D eigenvalue weighted by molar-refractivity contribution is 0.503. The first kappa shape index (κ1) is 7.71. The predicted molar refractivity (Wildman–Crippen MR) is 45.6 cm³/mol. The van der Waals surface area contributed by atoms with E-state index in [1.54, 1.807) is 17.1 Å². The molecular formula is C10H17+. The summed E-state index contributed by atoms with van der Waals surface area (Å²) in [6, 6.07) is 0. The van der Waals surface area contributed by atoms with Crippen LogP contribution in [0.25, 0.3) is 0 Å². The molecule has 0 fully saturated rings. The van der Waals surface area contributed by atoms with Gasteiger partial charge in [0.25, 0.3) is 0 Å². The molecule has 0 unspecified atom stereocenters. The third kappa shape index (κ3) is 0.865. The molecule has 0 heterocycles. The highest BCUT2D eigenvalue weighted by Gasteiger charge is 2.39. The Balaban J connectivity index is 2.88. The summed E-state index contributed by atoms with van der Waals surface area (Å²) in [6.07, 6.45) is 0. The van der Waals surface area contributed by atoms with Crippen molar-refractivity contribution in [3.8, 4) is 0 Å². The fraction of sp³-hybridized carbons (Fsp3) is 0.700. The molecule has 0 radical (unpaired) electrons. The SMILES string of the molecule is CC1=C(C)[C@H](C)[C@@H](C)[C+]1C. The summed E-state index contributed by atoms with van der Waals surface area (Å²) in [6.45, 7) is 11.4.